The second-order valence-electron chi connectivity index (χ2n) is 5.95. The van der Waals surface area contributed by atoms with Crippen LogP contribution in [0.4, 0.5) is 0 Å². The molecular formula is C19H19NO5S. The lowest BCUT2D eigenvalue weighted by Gasteiger charge is -2.30. The Kier molecular flexibility index (Phi) is 5.80. The molecule has 7 heteroatoms. The van der Waals surface area contributed by atoms with E-state index in [-0.39, 0.29) is 35.5 Å². The molecule has 3 rings (SSSR count). The number of thiophene rings is 1. The highest BCUT2D eigenvalue weighted by Gasteiger charge is 2.24. The van der Waals surface area contributed by atoms with Crippen molar-refractivity contribution in [2.45, 2.75) is 13.0 Å². The smallest absolute Gasteiger partial charge is 0.339 e. The van der Waals surface area contributed by atoms with Crippen molar-refractivity contribution < 1.29 is 23.9 Å². The van der Waals surface area contributed by atoms with Gasteiger partial charge < -0.3 is 14.4 Å². The summed E-state index contributed by atoms with van der Waals surface area (Å²) in [5.41, 5.74) is 0.432. The largest absolute Gasteiger partial charge is 0.452 e. The monoisotopic (exact) mass is 373 g/mol. The van der Waals surface area contributed by atoms with Crippen LogP contribution in [0.15, 0.2) is 41.8 Å². The molecule has 0 N–H and O–H groups in total. The Morgan fingerprint density at radius 2 is 1.96 bits per heavy atom. The number of ether oxygens (including phenoxy) is 2. The van der Waals surface area contributed by atoms with Gasteiger partial charge in [0.15, 0.2) is 6.61 Å². The first-order valence-electron chi connectivity index (χ1n) is 8.30. The minimum atomic E-state index is -0.680. The molecule has 0 bridgehead atoms. The second kappa shape index (κ2) is 8.25. The lowest BCUT2D eigenvalue weighted by Crippen LogP contribution is -2.46. The molecule has 136 valence electrons. The highest BCUT2D eigenvalue weighted by molar-refractivity contribution is 7.12. The molecule has 1 aliphatic heterocycles. The Morgan fingerprint density at radius 3 is 2.65 bits per heavy atom. The summed E-state index contributed by atoms with van der Waals surface area (Å²) in [5, 5.41) is 1.80. The molecule has 0 radical (unpaired) electrons. The minimum Gasteiger partial charge on any atom is -0.452 e. The Hall–Kier alpha value is -2.51. The third-order valence-corrected chi connectivity index (χ3v) is 4.93. The van der Waals surface area contributed by atoms with E-state index < -0.39 is 5.97 Å². The minimum absolute atomic E-state index is 0.0347. The zero-order chi connectivity index (χ0) is 18.5. The third kappa shape index (κ3) is 4.17. The standard InChI is InChI=1S/C19H19NO5S/c1-13-11-20(8-9-24-13)17(21)12-25-19(23)15-6-3-2-5-14(15)18(22)16-7-4-10-26-16/h2-7,10,13H,8-9,11-12H2,1H3. The van der Waals surface area contributed by atoms with Gasteiger partial charge in [0.05, 0.1) is 23.2 Å². The summed E-state index contributed by atoms with van der Waals surface area (Å²) in [6.07, 6.45) is -0.0347. The number of esters is 1. The van der Waals surface area contributed by atoms with Gasteiger partial charge in [0.2, 0.25) is 5.78 Å². The van der Waals surface area contributed by atoms with Gasteiger partial charge in [-0.2, -0.15) is 0 Å². The average Bonchev–Trinajstić information content (AvgIpc) is 3.20. The molecule has 1 saturated heterocycles. The van der Waals surface area contributed by atoms with E-state index >= 15 is 0 Å². The van der Waals surface area contributed by atoms with Crippen LogP contribution in [0.5, 0.6) is 0 Å². The lowest BCUT2D eigenvalue weighted by atomic mass is 10.0. The predicted octanol–water partition coefficient (Wildman–Crippen LogP) is 2.38. The predicted molar refractivity (Wildman–Crippen MR) is 96.5 cm³/mol. The van der Waals surface area contributed by atoms with Gasteiger partial charge in [0, 0.05) is 18.7 Å². The van der Waals surface area contributed by atoms with Gasteiger partial charge in [0.1, 0.15) is 0 Å². The first-order chi connectivity index (χ1) is 12.6. The molecular weight excluding hydrogens is 354 g/mol. The summed E-state index contributed by atoms with van der Waals surface area (Å²) >= 11 is 1.31. The lowest BCUT2D eigenvalue weighted by molar-refractivity contribution is -0.141. The summed E-state index contributed by atoms with van der Waals surface area (Å²) in [6, 6.07) is 9.96. The molecule has 1 amide bonds. The maximum Gasteiger partial charge on any atom is 0.339 e. The van der Waals surface area contributed by atoms with E-state index in [0.29, 0.717) is 24.6 Å². The summed E-state index contributed by atoms with van der Waals surface area (Å²) in [6.45, 7) is 2.96. The van der Waals surface area contributed by atoms with Crippen molar-refractivity contribution in [1.82, 2.24) is 4.90 Å². The number of benzene rings is 1. The van der Waals surface area contributed by atoms with E-state index in [0.717, 1.165) is 0 Å². The van der Waals surface area contributed by atoms with Crippen LogP contribution in [-0.2, 0) is 14.3 Å². The molecule has 6 nitrogen and oxygen atoms in total. The fourth-order valence-electron chi connectivity index (χ4n) is 2.74. The fraction of sp³-hybridized carbons (Fsp3) is 0.316. The maximum absolute atomic E-state index is 12.6. The summed E-state index contributed by atoms with van der Waals surface area (Å²) < 4.78 is 10.6. The third-order valence-electron chi connectivity index (χ3n) is 4.06. The fourth-order valence-corrected chi connectivity index (χ4v) is 3.42. The second-order valence-corrected chi connectivity index (χ2v) is 6.90. The van der Waals surface area contributed by atoms with Crippen molar-refractivity contribution >= 4 is 29.0 Å². The molecule has 0 saturated carbocycles. The van der Waals surface area contributed by atoms with E-state index in [1.165, 1.54) is 17.4 Å². The summed E-state index contributed by atoms with van der Waals surface area (Å²) in [5.74, 6) is -1.18. The molecule has 2 heterocycles. The van der Waals surface area contributed by atoms with E-state index in [1.807, 2.05) is 6.92 Å². The van der Waals surface area contributed by atoms with Crippen LogP contribution in [0.3, 0.4) is 0 Å². The number of ketones is 1. The van der Waals surface area contributed by atoms with Gasteiger partial charge in [-0.25, -0.2) is 4.79 Å². The van der Waals surface area contributed by atoms with Crippen LogP contribution in [0.1, 0.15) is 32.5 Å². The van der Waals surface area contributed by atoms with E-state index in [4.69, 9.17) is 9.47 Å². The molecule has 0 spiro atoms. The van der Waals surface area contributed by atoms with Gasteiger partial charge >= 0.3 is 5.97 Å². The van der Waals surface area contributed by atoms with Gasteiger partial charge in [-0.1, -0.05) is 24.3 Å². The molecule has 1 fully saturated rings. The Labute approximate surface area is 155 Å². The zero-order valence-corrected chi connectivity index (χ0v) is 15.2. The van der Waals surface area contributed by atoms with Crippen molar-refractivity contribution in [2.24, 2.45) is 0 Å². The van der Waals surface area contributed by atoms with Gasteiger partial charge in [-0.3, -0.25) is 9.59 Å². The van der Waals surface area contributed by atoms with Gasteiger partial charge in [0.25, 0.3) is 5.91 Å². The Bertz CT molecular complexity index is 802. The molecule has 1 aromatic heterocycles. The van der Waals surface area contributed by atoms with E-state index in [1.54, 1.807) is 40.6 Å². The molecule has 26 heavy (non-hydrogen) atoms. The SMILES string of the molecule is CC1CN(C(=O)COC(=O)c2ccccc2C(=O)c2cccs2)CCO1. The zero-order valence-electron chi connectivity index (χ0n) is 14.3. The number of rotatable bonds is 5. The van der Waals surface area contributed by atoms with Crippen LogP contribution in [0.2, 0.25) is 0 Å². The van der Waals surface area contributed by atoms with E-state index in [9.17, 15) is 14.4 Å². The molecule has 1 aliphatic rings. The van der Waals surface area contributed by atoms with Gasteiger partial charge in [-0.05, 0) is 24.4 Å². The molecule has 1 aromatic carbocycles. The molecule has 1 unspecified atom stereocenters. The van der Waals surface area contributed by atoms with Crippen molar-refractivity contribution in [3.8, 4) is 0 Å². The number of nitrogens with zero attached hydrogens (tertiary/aromatic N) is 1. The highest BCUT2D eigenvalue weighted by Crippen LogP contribution is 2.19. The number of hydrogen-bond donors (Lipinski definition) is 0. The number of carbonyl (C=O) groups excluding carboxylic acids is 3. The topological polar surface area (TPSA) is 72.9 Å². The molecule has 2 aromatic rings. The Balaban J connectivity index is 1.67. The number of hydrogen-bond acceptors (Lipinski definition) is 6. The first kappa shape index (κ1) is 18.3. The average molecular weight is 373 g/mol. The quantitative estimate of drug-likeness (QED) is 0.594. The van der Waals surface area contributed by atoms with Crippen LogP contribution in [0, 0.1) is 0 Å². The highest BCUT2D eigenvalue weighted by atomic mass is 32.1. The number of carbonyl (C=O) groups is 3. The molecule has 1 atom stereocenters. The van der Waals surface area contributed by atoms with E-state index in [2.05, 4.69) is 0 Å². The first-order valence-corrected chi connectivity index (χ1v) is 9.18. The molecule has 0 aliphatic carbocycles. The van der Waals surface area contributed by atoms with Crippen LogP contribution < -0.4 is 0 Å². The van der Waals surface area contributed by atoms with Gasteiger partial charge in [-0.15, -0.1) is 11.3 Å². The summed E-state index contributed by atoms with van der Waals surface area (Å²) in [4.78, 5) is 39.4. The van der Waals surface area contributed by atoms with Crippen molar-refractivity contribution in [2.75, 3.05) is 26.3 Å². The van der Waals surface area contributed by atoms with Crippen LogP contribution >= 0.6 is 11.3 Å². The van der Waals surface area contributed by atoms with Crippen molar-refractivity contribution in [1.29, 1.82) is 0 Å². The number of morpholine rings is 1. The summed E-state index contributed by atoms with van der Waals surface area (Å²) in [7, 11) is 0. The number of amides is 1. The maximum atomic E-state index is 12.6. The normalized spacial score (nSPS) is 17.0. The van der Waals surface area contributed by atoms with Crippen LogP contribution in [-0.4, -0.2) is 55.0 Å². The van der Waals surface area contributed by atoms with Crippen LogP contribution in [0.25, 0.3) is 0 Å². The van der Waals surface area contributed by atoms with Crippen molar-refractivity contribution in [3.63, 3.8) is 0 Å². The van der Waals surface area contributed by atoms with Crippen molar-refractivity contribution in [3.05, 3.63) is 57.8 Å². The Morgan fingerprint density at radius 1 is 1.19 bits per heavy atom.